The van der Waals surface area contributed by atoms with E-state index < -0.39 is 0 Å². The van der Waals surface area contributed by atoms with E-state index in [1.54, 1.807) is 11.8 Å². The van der Waals surface area contributed by atoms with Gasteiger partial charge in [0.25, 0.3) is 0 Å². The minimum Gasteiger partial charge on any atom is -0.337 e. The Morgan fingerprint density at radius 1 is 1.35 bits per heavy atom. The van der Waals surface area contributed by atoms with Crippen LogP contribution in [0.15, 0.2) is 11.4 Å². The smallest absolute Gasteiger partial charge is 0.165 e. The predicted octanol–water partition coefficient (Wildman–Crippen LogP) is 3.11. The number of H-pyrrole nitrogens is 1. The van der Waals surface area contributed by atoms with Gasteiger partial charge >= 0.3 is 0 Å². The van der Waals surface area contributed by atoms with Gasteiger partial charge in [0.1, 0.15) is 0 Å². The van der Waals surface area contributed by atoms with Crippen LogP contribution >= 0.6 is 11.8 Å². The lowest BCUT2D eigenvalue weighted by molar-refractivity contribution is 0.102. The molecule has 1 N–H and O–H groups in total. The van der Waals surface area contributed by atoms with E-state index >= 15 is 0 Å². The second kappa shape index (κ2) is 5.02. The zero-order valence-corrected chi connectivity index (χ0v) is 12.1. The van der Waals surface area contributed by atoms with Crippen LogP contribution in [0.2, 0.25) is 0 Å². The summed E-state index contributed by atoms with van der Waals surface area (Å²) in [7, 11) is 0. The van der Waals surface area contributed by atoms with Gasteiger partial charge in [0.15, 0.2) is 5.16 Å². The molecule has 0 bridgehead atoms. The Bertz CT molecular complexity index is 359. The third kappa shape index (κ3) is 3.05. The number of aromatic amines is 1. The normalized spacial score (nSPS) is 19.8. The number of nitrogens with one attached hydrogen (secondary N) is 1. The van der Waals surface area contributed by atoms with Crippen molar-refractivity contribution in [1.82, 2.24) is 14.9 Å². The summed E-state index contributed by atoms with van der Waals surface area (Å²) in [5, 5.41) is 1.04. The van der Waals surface area contributed by atoms with Crippen molar-refractivity contribution < 1.29 is 0 Å². The van der Waals surface area contributed by atoms with Crippen molar-refractivity contribution >= 4 is 11.8 Å². The maximum Gasteiger partial charge on any atom is 0.165 e. The maximum atomic E-state index is 4.37. The van der Waals surface area contributed by atoms with E-state index in [2.05, 4.69) is 41.9 Å². The minimum absolute atomic E-state index is 0.309. The van der Waals surface area contributed by atoms with Crippen LogP contribution in [0.25, 0.3) is 0 Å². The van der Waals surface area contributed by atoms with Gasteiger partial charge in [-0.1, -0.05) is 11.8 Å². The van der Waals surface area contributed by atoms with Gasteiger partial charge in [0.2, 0.25) is 0 Å². The van der Waals surface area contributed by atoms with Crippen molar-refractivity contribution in [3.63, 3.8) is 0 Å². The summed E-state index contributed by atoms with van der Waals surface area (Å²) < 4.78 is 0. The summed E-state index contributed by atoms with van der Waals surface area (Å²) in [5.74, 6) is 0.669. The van der Waals surface area contributed by atoms with E-state index in [-0.39, 0.29) is 0 Å². The summed E-state index contributed by atoms with van der Waals surface area (Å²) >= 11 is 1.68. The van der Waals surface area contributed by atoms with Gasteiger partial charge in [-0.3, -0.25) is 4.90 Å². The standard InChI is InChI=1S/C13H23N3S/c1-13(2,3)16-7-5-10(6-8-16)11-9-14-12(15-11)17-4/h9-10H,5-8H2,1-4H3,(H,14,15). The molecule has 96 valence electrons. The number of hydrogen-bond acceptors (Lipinski definition) is 3. The molecule has 1 saturated heterocycles. The van der Waals surface area contributed by atoms with Crippen LogP contribution in [0.1, 0.15) is 45.2 Å². The highest BCUT2D eigenvalue weighted by atomic mass is 32.2. The van der Waals surface area contributed by atoms with E-state index in [1.807, 2.05) is 6.20 Å². The number of aromatic nitrogens is 2. The predicted molar refractivity (Wildman–Crippen MR) is 73.7 cm³/mol. The molecule has 0 aliphatic carbocycles. The topological polar surface area (TPSA) is 31.9 Å². The van der Waals surface area contributed by atoms with E-state index in [1.165, 1.54) is 31.6 Å². The quantitative estimate of drug-likeness (QED) is 0.822. The molecule has 0 radical (unpaired) electrons. The van der Waals surface area contributed by atoms with Crippen LogP contribution in [-0.4, -0.2) is 39.8 Å². The molecule has 3 nitrogen and oxygen atoms in total. The first-order valence-electron chi connectivity index (χ1n) is 6.34. The first-order valence-corrected chi connectivity index (χ1v) is 7.57. The van der Waals surface area contributed by atoms with Crippen LogP contribution in [0.4, 0.5) is 0 Å². The summed E-state index contributed by atoms with van der Waals surface area (Å²) in [6.45, 7) is 9.30. The number of hydrogen-bond donors (Lipinski definition) is 1. The van der Waals surface area contributed by atoms with Gasteiger partial charge in [-0.25, -0.2) is 4.98 Å². The lowest BCUT2D eigenvalue weighted by Crippen LogP contribution is -2.45. The van der Waals surface area contributed by atoms with Crippen LogP contribution in [-0.2, 0) is 0 Å². The Hall–Kier alpha value is -0.480. The monoisotopic (exact) mass is 253 g/mol. The fourth-order valence-corrected chi connectivity index (χ4v) is 2.87. The van der Waals surface area contributed by atoms with E-state index in [0.717, 1.165) is 5.16 Å². The van der Waals surface area contributed by atoms with Gasteiger partial charge < -0.3 is 4.98 Å². The number of piperidine rings is 1. The summed E-state index contributed by atoms with van der Waals surface area (Å²) in [5.41, 5.74) is 1.63. The van der Waals surface area contributed by atoms with E-state index in [4.69, 9.17) is 0 Å². The van der Waals surface area contributed by atoms with Crippen LogP contribution in [0.5, 0.6) is 0 Å². The Balaban J connectivity index is 1.95. The molecule has 2 rings (SSSR count). The molecule has 4 heteroatoms. The zero-order valence-electron chi connectivity index (χ0n) is 11.3. The number of imidazole rings is 1. The Labute approximate surface area is 108 Å². The number of nitrogens with zero attached hydrogens (tertiary/aromatic N) is 2. The molecular weight excluding hydrogens is 230 g/mol. The Morgan fingerprint density at radius 3 is 2.47 bits per heavy atom. The summed E-state index contributed by atoms with van der Waals surface area (Å²) in [4.78, 5) is 10.4. The second-order valence-electron chi connectivity index (χ2n) is 5.78. The van der Waals surface area contributed by atoms with Crippen LogP contribution in [0.3, 0.4) is 0 Å². The van der Waals surface area contributed by atoms with Gasteiger partial charge in [-0.2, -0.15) is 0 Å². The molecule has 0 unspecified atom stereocenters. The first kappa shape index (κ1) is 13.0. The molecule has 0 atom stereocenters. The third-order valence-corrected chi connectivity index (χ3v) is 4.24. The van der Waals surface area contributed by atoms with Crippen molar-refractivity contribution in [1.29, 1.82) is 0 Å². The molecule has 1 aliphatic heterocycles. The molecule has 1 fully saturated rings. The third-order valence-electron chi connectivity index (χ3n) is 3.65. The molecule has 17 heavy (non-hydrogen) atoms. The molecule has 2 heterocycles. The molecule has 1 aliphatic rings. The number of rotatable bonds is 2. The van der Waals surface area contributed by atoms with Crippen molar-refractivity contribution in [2.24, 2.45) is 0 Å². The maximum absolute atomic E-state index is 4.37. The fraction of sp³-hybridized carbons (Fsp3) is 0.769. The SMILES string of the molecule is CSc1ncc(C2CCN(C(C)(C)C)CC2)[nH]1. The lowest BCUT2D eigenvalue weighted by Gasteiger charge is -2.40. The molecule has 0 aromatic carbocycles. The highest BCUT2D eigenvalue weighted by Crippen LogP contribution is 2.30. The van der Waals surface area contributed by atoms with Gasteiger partial charge in [0, 0.05) is 23.3 Å². The summed E-state index contributed by atoms with van der Waals surface area (Å²) in [6, 6.07) is 0. The highest BCUT2D eigenvalue weighted by molar-refractivity contribution is 7.98. The van der Waals surface area contributed by atoms with E-state index in [0.29, 0.717) is 11.5 Å². The number of likely N-dealkylation sites (tertiary alicyclic amines) is 1. The van der Waals surface area contributed by atoms with Crippen molar-refractivity contribution in [2.45, 2.75) is 50.2 Å². The van der Waals surface area contributed by atoms with Crippen LogP contribution < -0.4 is 0 Å². The second-order valence-corrected chi connectivity index (χ2v) is 6.57. The van der Waals surface area contributed by atoms with Crippen molar-refractivity contribution in [3.05, 3.63) is 11.9 Å². The number of thioether (sulfide) groups is 1. The highest BCUT2D eigenvalue weighted by Gasteiger charge is 2.28. The molecule has 0 spiro atoms. The van der Waals surface area contributed by atoms with Gasteiger partial charge in [-0.05, 0) is 53.0 Å². The van der Waals surface area contributed by atoms with Crippen molar-refractivity contribution in [2.75, 3.05) is 19.3 Å². The zero-order chi connectivity index (χ0) is 12.5. The minimum atomic E-state index is 0.309. The average molecular weight is 253 g/mol. The molecule has 0 amide bonds. The van der Waals surface area contributed by atoms with E-state index in [9.17, 15) is 0 Å². The van der Waals surface area contributed by atoms with Crippen LogP contribution in [0, 0.1) is 0 Å². The largest absolute Gasteiger partial charge is 0.337 e. The molecule has 1 aromatic heterocycles. The van der Waals surface area contributed by atoms with Crippen molar-refractivity contribution in [3.8, 4) is 0 Å². The molecular formula is C13H23N3S. The van der Waals surface area contributed by atoms with Gasteiger partial charge in [-0.15, -0.1) is 0 Å². The fourth-order valence-electron chi connectivity index (χ4n) is 2.49. The molecule has 1 aromatic rings. The van der Waals surface area contributed by atoms with Gasteiger partial charge in [0.05, 0.1) is 0 Å². The Kier molecular flexibility index (Phi) is 3.83. The first-order chi connectivity index (χ1) is 8.00. The molecule has 0 saturated carbocycles. The average Bonchev–Trinajstić information content (AvgIpc) is 2.76. The summed E-state index contributed by atoms with van der Waals surface area (Å²) in [6.07, 6.45) is 6.56. The Morgan fingerprint density at radius 2 is 2.00 bits per heavy atom. The lowest BCUT2D eigenvalue weighted by atomic mass is 9.91.